The lowest BCUT2D eigenvalue weighted by Crippen LogP contribution is -2.41. The molecule has 0 aromatic rings. The lowest BCUT2D eigenvalue weighted by atomic mass is 9.82. The molecule has 1 heterocycles. The lowest BCUT2D eigenvalue weighted by molar-refractivity contribution is 0.00578. The first-order valence-corrected chi connectivity index (χ1v) is 6.08. The van der Waals surface area contributed by atoms with Crippen molar-refractivity contribution in [1.29, 1.82) is 0 Å². The van der Waals surface area contributed by atoms with Crippen molar-refractivity contribution in [1.82, 2.24) is 0 Å². The molecule has 0 aromatic carbocycles. The summed E-state index contributed by atoms with van der Waals surface area (Å²) in [5.41, 5.74) is -0.312. The largest absolute Gasteiger partial charge is 0.462 e. The van der Waals surface area contributed by atoms with Gasteiger partial charge in [-0.3, -0.25) is 0 Å². The summed E-state index contributed by atoms with van der Waals surface area (Å²) < 4.78 is 12.6. The van der Waals surface area contributed by atoms with Crippen LogP contribution in [0.25, 0.3) is 0 Å². The predicted octanol–water partition coefficient (Wildman–Crippen LogP) is 2.66. The van der Waals surface area contributed by atoms with Crippen molar-refractivity contribution in [3.8, 4) is 0 Å². The topological polar surface area (TPSA) is 18.5 Å². The van der Waals surface area contributed by atoms with E-state index in [9.17, 15) is 0 Å². The van der Waals surface area contributed by atoms with E-state index >= 15 is 0 Å². The first kappa shape index (κ1) is 10.2. The van der Waals surface area contributed by atoms with Crippen LogP contribution >= 0.6 is 22.6 Å². The summed E-state index contributed by atoms with van der Waals surface area (Å²) in [7, 11) is 0.0342. The SMILES string of the molecule is CC1(C)OB(C2CC2I)OC1(C)C. The molecular formula is C9H16BIO2. The Hall–Kier alpha value is 0.715. The maximum Gasteiger partial charge on any atom is 0.462 e. The zero-order chi connectivity index (χ0) is 9.85. The van der Waals surface area contributed by atoms with Gasteiger partial charge < -0.3 is 9.31 Å². The van der Waals surface area contributed by atoms with Crippen LogP contribution in [0.1, 0.15) is 34.1 Å². The average molecular weight is 294 g/mol. The zero-order valence-corrected chi connectivity index (χ0v) is 10.8. The van der Waals surface area contributed by atoms with Crippen LogP contribution in [0, 0.1) is 0 Å². The van der Waals surface area contributed by atoms with Crippen LogP contribution in [0.2, 0.25) is 5.82 Å². The Morgan fingerprint density at radius 3 is 1.85 bits per heavy atom. The number of alkyl halides is 1. The molecule has 0 amide bonds. The molecule has 2 aliphatic rings. The number of halogens is 1. The van der Waals surface area contributed by atoms with Gasteiger partial charge in [0.15, 0.2) is 0 Å². The second-order valence-corrected chi connectivity index (χ2v) is 6.64. The summed E-state index contributed by atoms with van der Waals surface area (Å²) in [4.78, 5) is 0. The molecule has 2 rings (SSSR count). The third-order valence-corrected chi connectivity index (χ3v) is 4.81. The average Bonchev–Trinajstić information content (AvgIpc) is 2.58. The van der Waals surface area contributed by atoms with Gasteiger partial charge in [0.05, 0.1) is 11.2 Å². The Morgan fingerprint density at radius 2 is 1.54 bits per heavy atom. The summed E-state index contributed by atoms with van der Waals surface area (Å²) in [5, 5.41) is 0. The number of hydrogen-bond acceptors (Lipinski definition) is 2. The van der Waals surface area contributed by atoms with E-state index in [1.54, 1.807) is 0 Å². The fourth-order valence-electron chi connectivity index (χ4n) is 1.53. The summed E-state index contributed by atoms with van der Waals surface area (Å²) in [5.74, 6) is 0.627. The number of rotatable bonds is 1. The van der Waals surface area contributed by atoms with Crippen LogP contribution in [-0.2, 0) is 9.31 Å². The third-order valence-electron chi connectivity index (χ3n) is 3.38. The van der Waals surface area contributed by atoms with Crippen molar-refractivity contribution in [2.24, 2.45) is 0 Å². The minimum Gasteiger partial charge on any atom is -0.403 e. The molecule has 1 saturated heterocycles. The van der Waals surface area contributed by atoms with Gasteiger partial charge in [0.25, 0.3) is 0 Å². The van der Waals surface area contributed by atoms with Gasteiger partial charge in [-0.15, -0.1) is 0 Å². The second-order valence-electron chi connectivity index (χ2n) is 5.04. The molecule has 13 heavy (non-hydrogen) atoms. The summed E-state index contributed by atoms with van der Waals surface area (Å²) in [6.07, 6.45) is 1.25. The first-order chi connectivity index (χ1) is 5.83. The Labute approximate surface area is 94.0 Å². The molecule has 2 nitrogen and oxygen atoms in total. The molecule has 1 saturated carbocycles. The molecule has 4 heteroatoms. The highest BCUT2D eigenvalue weighted by atomic mass is 127. The predicted molar refractivity (Wildman–Crippen MR) is 62.3 cm³/mol. The minimum atomic E-state index is -0.156. The van der Waals surface area contributed by atoms with Crippen LogP contribution in [-0.4, -0.2) is 22.2 Å². The highest BCUT2D eigenvalue weighted by Crippen LogP contribution is 2.52. The van der Waals surface area contributed by atoms with E-state index in [0.717, 1.165) is 3.92 Å². The Bertz CT molecular complexity index is 214. The smallest absolute Gasteiger partial charge is 0.403 e. The Kier molecular flexibility index (Phi) is 2.25. The van der Waals surface area contributed by atoms with Gasteiger partial charge >= 0.3 is 7.12 Å². The molecule has 0 bridgehead atoms. The molecule has 0 spiro atoms. The van der Waals surface area contributed by atoms with E-state index < -0.39 is 0 Å². The molecule has 0 N–H and O–H groups in total. The van der Waals surface area contributed by atoms with Crippen molar-refractivity contribution in [2.45, 2.75) is 55.1 Å². The maximum atomic E-state index is 5.93. The van der Waals surface area contributed by atoms with Crippen LogP contribution in [0.3, 0.4) is 0 Å². The van der Waals surface area contributed by atoms with E-state index in [1.807, 2.05) is 0 Å². The maximum absolute atomic E-state index is 5.93. The normalized spacial score (nSPS) is 40.8. The fraction of sp³-hybridized carbons (Fsp3) is 1.00. The van der Waals surface area contributed by atoms with E-state index in [1.165, 1.54) is 6.42 Å². The van der Waals surface area contributed by atoms with E-state index in [0.29, 0.717) is 5.82 Å². The lowest BCUT2D eigenvalue weighted by Gasteiger charge is -2.32. The van der Waals surface area contributed by atoms with Crippen LogP contribution < -0.4 is 0 Å². The van der Waals surface area contributed by atoms with Crippen molar-refractivity contribution >= 4 is 29.7 Å². The Balaban J connectivity index is 2.07. The molecule has 1 aliphatic carbocycles. The number of hydrogen-bond donors (Lipinski definition) is 0. The molecule has 1 aliphatic heterocycles. The molecule has 2 unspecified atom stereocenters. The van der Waals surface area contributed by atoms with Gasteiger partial charge in [0.1, 0.15) is 0 Å². The van der Waals surface area contributed by atoms with Gasteiger partial charge in [0, 0.05) is 9.74 Å². The van der Waals surface area contributed by atoms with Gasteiger partial charge in [-0.05, 0) is 34.1 Å². The van der Waals surface area contributed by atoms with Crippen LogP contribution in [0.15, 0.2) is 0 Å². The zero-order valence-electron chi connectivity index (χ0n) is 8.63. The van der Waals surface area contributed by atoms with Crippen molar-refractivity contribution in [3.63, 3.8) is 0 Å². The van der Waals surface area contributed by atoms with Crippen molar-refractivity contribution in [2.75, 3.05) is 0 Å². The van der Waals surface area contributed by atoms with Crippen molar-refractivity contribution in [3.05, 3.63) is 0 Å². The molecular weight excluding hydrogens is 278 g/mol. The highest BCUT2D eigenvalue weighted by Gasteiger charge is 2.59. The molecule has 2 atom stereocenters. The van der Waals surface area contributed by atoms with Crippen molar-refractivity contribution < 1.29 is 9.31 Å². The third kappa shape index (κ3) is 1.65. The quantitative estimate of drug-likeness (QED) is 0.420. The van der Waals surface area contributed by atoms with E-state index in [-0.39, 0.29) is 18.3 Å². The monoisotopic (exact) mass is 294 g/mol. The first-order valence-electron chi connectivity index (χ1n) is 4.83. The summed E-state index contributed by atoms with van der Waals surface area (Å²) >= 11 is 2.47. The van der Waals surface area contributed by atoms with Gasteiger partial charge in [-0.25, -0.2) is 0 Å². The molecule has 74 valence electrons. The highest BCUT2D eigenvalue weighted by molar-refractivity contribution is 14.1. The summed E-state index contributed by atoms with van der Waals surface area (Å²) in [6, 6.07) is 0. The van der Waals surface area contributed by atoms with Gasteiger partial charge in [-0.1, -0.05) is 22.6 Å². The minimum absolute atomic E-state index is 0.0342. The van der Waals surface area contributed by atoms with Crippen LogP contribution in [0.5, 0.6) is 0 Å². The second kappa shape index (κ2) is 2.86. The molecule has 0 aromatic heterocycles. The summed E-state index contributed by atoms with van der Waals surface area (Å²) in [6.45, 7) is 8.43. The Morgan fingerprint density at radius 1 is 1.15 bits per heavy atom. The van der Waals surface area contributed by atoms with E-state index in [2.05, 4.69) is 50.3 Å². The standard InChI is InChI=1S/C9H16BIO2/c1-8(2)9(3,4)13-10(12-8)6-5-7(6)11/h6-7H,5H2,1-4H3. The van der Waals surface area contributed by atoms with Gasteiger partial charge in [0.2, 0.25) is 0 Å². The van der Waals surface area contributed by atoms with Gasteiger partial charge in [-0.2, -0.15) is 0 Å². The molecule has 0 radical (unpaired) electrons. The van der Waals surface area contributed by atoms with Crippen LogP contribution in [0.4, 0.5) is 0 Å². The van der Waals surface area contributed by atoms with E-state index in [4.69, 9.17) is 9.31 Å². The molecule has 2 fully saturated rings. The fourth-order valence-corrected chi connectivity index (χ4v) is 2.45.